The van der Waals surface area contributed by atoms with Crippen molar-refractivity contribution >= 4 is 15.8 Å². The van der Waals surface area contributed by atoms with E-state index in [0.717, 1.165) is 19.3 Å². The Bertz CT molecular complexity index is 574. The van der Waals surface area contributed by atoms with Gasteiger partial charge in [0.15, 0.2) is 0 Å². The fourth-order valence-electron chi connectivity index (χ4n) is 2.45. The lowest BCUT2D eigenvalue weighted by Crippen LogP contribution is -2.41. The van der Waals surface area contributed by atoms with Gasteiger partial charge >= 0.3 is 0 Å². The minimum atomic E-state index is -3.46. The van der Waals surface area contributed by atoms with Gasteiger partial charge in [-0.15, -0.1) is 0 Å². The van der Waals surface area contributed by atoms with Gasteiger partial charge in [-0.1, -0.05) is 20.8 Å². The lowest BCUT2D eigenvalue weighted by atomic mass is 9.83. The average Bonchev–Trinajstić information content (AvgIpc) is 2.45. The van der Waals surface area contributed by atoms with Crippen LogP contribution in [0.25, 0.3) is 0 Å². The third kappa shape index (κ3) is 3.74. The second-order valence-electron chi connectivity index (χ2n) is 6.35. The van der Waals surface area contributed by atoms with E-state index in [1.54, 1.807) is 22.6 Å². The molecule has 118 valence electrons. The first-order valence-electron chi connectivity index (χ1n) is 7.56. The molecule has 2 heterocycles. The summed E-state index contributed by atoms with van der Waals surface area (Å²) >= 11 is 0. The first-order chi connectivity index (χ1) is 9.87. The van der Waals surface area contributed by atoms with Gasteiger partial charge in [-0.3, -0.25) is 0 Å². The van der Waals surface area contributed by atoms with Gasteiger partial charge in [0.05, 0.1) is 0 Å². The maximum Gasteiger partial charge on any atom is 0.246 e. The first-order valence-corrected chi connectivity index (χ1v) is 9.00. The molecule has 0 radical (unpaired) electrons. The highest BCUT2D eigenvalue weighted by Crippen LogP contribution is 2.33. The van der Waals surface area contributed by atoms with E-state index in [4.69, 9.17) is 0 Å². The van der Waals surface area contributed by atoms with Gasteiger partial charge in [0, 0.05) is 25.8 Å². The summed E-state index contributed by atoms with van der Waals surface area (Å²) in [5.74, 6) is 0.462. The van der Waals surface area contributed by atoms with E-state index in [1.807, 2.05) is 6.92 Å². The second-order valence-corrected chi connectivity index (χ2v) is 8.25. The highest BCUT2D eigenvalue weighted by atomic mass is 32.2. The molecule has 1 aromatic rings. The molecule has 0 unspecified atom stereocenters. The molecule has 1 fully saturated rings. The number of hydrogen-bond donors (Lipinski definition) is 1. The number of sulfonamides is 1. The highest BCUT2D eigenvalue weighted by molar-refractivity contribution is 7.89. The van der Waals surface area contributed by atoms with Gasteiger partial charge in [0.25, 0.3) is 0 Å². The zero-order valence-electron chi connectivity index (χ0n) is 13.1. The lowest BCUT2D eigenvalue weighted by molar-refractivity contribution is 0.196. The van der Waals surface area contributed by atoms with Gasteiger partial charge in [-0.05, 0) is 36.8 Å². The predicted molar refractivity (Wildman–Crippen MR) is 84.8 cm³/mol. The fraction of sp³-hybridized carbons (Fsp3) is 0.667. The maximum absolute atomic E-state index is 12.8. The summed E-state index contributed by atoms with van der Waals surface area (Å²) in [5, 5.41) is 3.11. The molecular weight excluding hydrogens is 286 g/mol. The summed E-state index contributed by atoms with van der Waals surface area (Å²) in [4.78, 5) is 4.48. The smallest absolute Gasteiger partial charge is 0.246 e. The summed E-state index contributed by atoms with van der Waals surface area (Å²) in [6.45, 7) is 8.29. The maximum atomic E-state index is 12.8. The Morgan fingerprint density at radius 2 is 2.00 bits per heavy atom. The molecule has 0 spiro atoms. The summed E-state index contributed by atoms with van der Waals surface area (Å²) < 4.78 is 27.2. The summed E-state index contributed by atoms with van der Waals surface area (Å²) in [5.41, 5.74) is 0.226. The molecular formula is C15H25N3O2S. The van der Waals surface area contributed by atoms with Gasteiger partial charge in [0.2, 0.25) is 10.0 Å². The fourth-order valence-corrected chi connectivity index (χ4v) is 4.01. The molecule has 0 atom stereocenters. The van der Waals surface area contributed by atoms with Crippen LogP contribution in [0.3, 0.4) is 0 Å². The molecule has 5 nitrogen and oxygen atoms in total. The molecule has 2 rings (SSSR count). The number of pyridine rings is 1. The minimum absolute atomic E-state index is 0.226. The van der Waals surface area contributed by atoms with Crippen molar-refractivity contribution in [3.05, 3.63) is 18.3 Å². The van der Waals surface area contributed by atoms with Crippen LogP contribution in [-0.2, 0) is 10.0 Å². The van der Waals surface area contributed by atoms with Crippen LogP contribution in [0.2, 0.25) is 0 Å². The van der Waals surface area contributed by atoms with E-state index in [1.165, 1.54) is 0 Å². The van der Waals surface area contributed by atoms with Crippen molar-refractivity contribution in [2.24, 2.45) is 5.41 Å². The SMILES string of the molecule is CCCNc1ncccc1S(=O)(=O)N1CCC(C)(C)CC1. The van der Waals surface area contributed by atoms with E-state index < -0.39 is 10.0 Å². The number of anilines is 1. The van der Waals surface area contributed by atoms with Gasteiger partial charge in [-0.25, -0.2) is 13.4 Å². The van der Waals surface area contributed by atoms with Crippen LogP contribution in [0.5, 0.6) is 0 Å². The van der Waals surface area contributed by atoms with Crippen LogP contribution in [-0.4, -0.2) is 37.3 Å². The first kappa shape index (κ1) is 16.2. The summed E-state index contributed by atoms with van der Waals surface area (Å²) in [6.07, 6.45) is 4.33. The van der Waals surface area contributed by atoms with E-state index >= 15 is 0 Å². The number of aromatic nitrogens is 1. The van der Waals surface area contributed by atoms with E-state index in [2.05, 4.69) is 24.1 Å². The molecule has 1 aliphatic heterocycles. The van der Waals surface area contributed by atoms with Gasteiger partial charge < -0.3 is 5.32 Å². The van der Waals surface area contributed by atoms with Crippen molar-refractivity contribution in [2.75, 3.05) is 25.0 Å². The number of piperidine rings is 1. The van der Waals surface area contributed by atoms with Crippen molar-refractivity contribution in [1.82, 2.24) is 9.29 Å². The average molecular weight is 311 g/mol. The van der Waals surface area contributed by atoms with E-state index in [9.17, 15) is 8.42 Å². The Morgan fingerprint density at radius 1 is 1.33 bits per heavy atom. The van der Waals surface area contributed by atoms with Crippen molar-refractivity contribution in [3.63, 3.8) is 0 Å². The highest BCUT2D eigenvalue weighted by Gasteiger charge is 2.34. The van der Waals surface area contributed by atoms with Crippen LogP contribution in [0.1, 0.15) is 40.0 Å². The molecule has 1 aliphatic rings. The quantitative estimate of drug-likeness (QED) is 0.908. The van der Waals surface area contributed by atoms with Gasteiger partial charge in [0.1, 0.15) is 10.7 Å². The molecule has 1 saturated heterocycles. The second kappa shape index (κ2) is 6.32. The number of nitrogens with one attached hydrogen (secondary N) is 1. The Kier molecular flexibility index (Phi) is 4.88. The van der Waals surface area contributed by atoms with Crippen molar-refractivity contribution < 1.29 is 8.42 Å². The van der Waals surface area contributed by atoms with Crippen LogP contribution < -0.4 is 5.32 Å². The van der Waals surface area contributed by atoms with Crippen LogP contribution in [0.4, 0.5) is 5.82 Å². The Labute approximate surface area is 127 Å². The third-order valence-electron chi connectivity index (χ3n) is 4.01. The Hall–Kier alpha value is -1.14. The minimum Gasteiger partial charge on any atom is -0.369 e. The largest absolute Gasteiger partial charge is 0.369 e. The molecule has 6 heteroatoms. The number of hydrogen-bond acceptors (Lipinski definition) is 4. The van der Waals surface area contributed by atoms with Crippen molar-refractivity contribution in [3.8, 4) is 0 Å². The molecule has 0 aliphatic carbocycles. The summed E-state index contributed by atoms with van der Waals surface area (Å²) in [7, 11) is -3.46. The standard InChI is InChI=1S/C15H25N3O2S/c1-4-9-16-14-13(6-5-10-17-14)21(19,20)18-11-7-15(2,3)8-12-18/h5-6,10H,4,7-9,11-12H2,1-3H3,(H,16,17). The van der Waals surface area contributed by atoms with Gasteiger partial charge in [-0.2, -0.15) is 4.31 Å². The number of nitrogens with zero attached hydrogens (tertiary/aromatic N) is 2. The zero-order chi connectivity index (χ0) is 15.5. The topological polar surface area (TPSA) is 62.3 Å². The predicted octanol–water partition coefficient (Wildman–Crippen LogP) is 2.71. The monoisotopic (exact) mass is 311 g/mol. The molecule has 21 heavy (non-hydrogen) atoms. The van der Waals surface area contributed by atoms with Crippen molar-refractivity contribution in [1.29, 1.82) is 0 Å². The molecule has 0 bridgehead atoms. The van der Waals surface area contributed by atoms with Crippen molar-refractivity contribution in [2.45, 2.75) is 44.9 Å². The van der Waals surface area contributed by atoms with Crippen LogP contribution in [0, 0.1) is 5.41 Å². The zero-order valence-corrected chi connectivity index (χ0v) is 13.9. The molecule has 1 aromatic heterocycles. The van der Waals surface area contributed by atoms with Crippen LogP contribution in [0.15, 0.2) is 23.2 Å². The molecule has 0 amide bonds. The normalized spacial score (nSPS) is 19.4. The molecule has 1 N–H and O–H groups in total. The van der Waals surface area contributed by atoms with E-state index in [0.29, 0.717) is 25.5 Å². The van der Waals surface area contributed by atoms with E-state index in [-0.39, 0.29) is 10.3 Å². The lowest BCUT2D eigenvalue weighted by Gasteiger charge is -2.36. The Morgan fingerprint density at radius 3 is 2.62 bits per heavy atom. The Balaban J connectivity index is 2.24. The van der Waals surface area contributed by atoms with Crippen LogP contribution >= 0.6 is 0 Å². The third-order valence-corrected chi connectivity index (χ3v) is 5.94. The molecule has 0 saturated carbocycles. The summed E-state index contributed by atoms with van der Waals surface area (Å²) in [6, 6.07) is 3.32. The number of rotatable bonds is 5. The molecule has 0 aromatic carbocycles.